The highest BCUT2D eigenvalue weighted by Crippen LogP contribution is 2.46. The lowest BCUT2D eigenvalue weighted by molar-refractivity contribution is 0.0953. The molecule has 0 saturated carbocycles. The van der Waals surface area contributed by atoms with Gasteiger partial charge < -0.3 is 0 Å². The summed E-state index contributed by atoms with van der Waals surface area (Å²) >= 11 is 0. The highest BCUT2D eigenvalue weighted by molar-refractivity contribution is 6.30. The van der Waals surface area contributed by atoms with Gasteiger partial charge in [0.25, 0.3) is 5.56 Å². The van der Waals surface area contributed by atoms with Gasteiger partial charge in [-0.1, -0.05) is 53.6 Å². The molecule has 0 fully saturated rings. The maximum Gasteiger partial charge on any atom is 0.332 e. The van der Waals surface area contributed by atoms with Gasteiger partial charge in [0.2, 0.25) is 0 Å². The molecule has 0 spiro atoms. The molecule has 0 bridgehead atoms. The molecule has 2 aliphatic rings. The van der Waals surface area contributed by atoms with E-state index in [1.54, 1.807) is 13.1 Å². The normalized spacial score (nSPS) is 19.2. The molecule has 5 rings (SSSR count). The number of hydrogen-bond donors (Lipinski definition) is 0. The molecule has 30 heavy (non-hydrogen) atoms. The first-order valence-corrected chi connectivity index (χ1v) is 9.90. The fraction of sp³-hybridized carbons (Fsp3) is 0.250. The lowest BCUT2D eigenvalue weighted by atomic mass is 9.76. The monoisotopic (exact) mass is 399 g/mol. The van der Waals surface area contributed by atoms with Crippen molar-refractivity contribution in [1.82, 2.24) is 9.13 Å². The molecule has 0 radical (unpaired) electrons. The number of nitrogens with zero attached hydrogens (tertiary/aromatic N) is 3. The molecule has 6 heteroatoms. The third-order valence-electron chi connectivity index (χ3n) is 6.19. The molecule has 0 unspecified atom stereocenters. The zero-order valence-corrected chi connectivity index (χ0v) is 17.3. The minimum absolute atomic E-state index is 0.0323. The Hall–Kier alpha value is -3.54. The summed E-state index contributed by atoms with van der Waals surface area (Å²) in [6.45, 7) is 4.00. The smallest absolute Gasteiger partial charge is 0.293 e. The molecule has 2 atom stereocenters. The van der Waals surface area contributed by atoms with Gasteiger partial charge in [-0.3, -0.25) is 18.7 Å². The average Bonchev–Trinajstić information content (AvgIpc) is 3.01. The number of carbonyl (C=O) groups excluding carboxylic acids is 1. The van der Waals surface area contributed by atoms with E-state index < -0.39 is 23.1 Å². The minimum Gasteiger partial charge on any atom is -0.293 e. The number of benzene rings is 2. The number of hydrogen-bond acceptors (Lipinski definition) is 4. The standard InChI is InChI=1S/C24H21N3O3/c1-12-9-13(2)11-14(10-12)17-18-20(15-7-5-6-8-16(15)21(18)28)25-22-19(17)23(29)27(4)24(30)26(22)3/h5-11,17-18H,1-4H3/t17-,18+/m0/s1. The summed E-state index contributed by atoms with van der Waals surface area (Å²) in [6, 6.07) is 13.5. The second-order valence-electron chi connectivity index (χ2n) is 8.23. The molecule has 2 heterocycles. The van der Waals surface area contributed by atoms with E-state index >= 15 is 0 Å². The van der Waals surface area contributed by atoms with Crippen molar-refractivity contribution in [3.05, 3.63) is 96.7 Å². The second-order valence-corrected chi connectivity index (χ2v) is 8.23. The van der Waals surface area contributed by atoms with Crippen molar-refractivity contribution in [2.45, 2.75) is 19.8 Å². The minimum atomic E-state index is -0.582. The van der Waals surface area contributed by atoms with E-state index in [1.807, 2.05) is 44.2 Å². The number of aliphatic imine (C=N–C) groups is 1. The number of rotatable bonds is 1. The Morgan fingerprint density at radius 2 is 1.47 bits per heavy atom. The highest BCUT2D eigenvalue weighted by atomic mass is 16.2. The van der Waals surface area contributed by atoms with Crippen molar-refractivity contribution in [3.63, 3.8) is 0 Å². The Kier molecular flexibility index (Phi) is 3.84. The summed E-state index contributed by atoms with van der Waals surface area (Å²) in [5.41, 5.74) is 4.60. The van der Waals surface area contributed by atoms with E-state index in [1.165, 1.54) is 11.6 Å². The van der Waals surface area contributed by atoms with Crippen molar-refractivity contribution in [3.8, 4) is 0 Å². The van der Waals surface area contributed by atoms with Crippen LogP contribution in [0, 0.1) is 19.8 Å². The number of aromatic nitrogens is 2. The fourth-order valence-electron chi connectivity index (χ4n) is 4.92. The van der Waals surface area contributed by atoms with Gasteiger partial charge in [0.15, 0.2) is 5.78 Å². The Bertz CT molecular complexity index is 1390. The Balaban J connectivity index is 1.92. The molecule has 1 aliphatic carbocycles. The predicted octanol–water partition coefficient (Wildman–Crippen LogP) is 2.78. The highest BCUT2D eigenvalue weighted by Gasteiger charge is 2.47. The molecular weight excluding hydrogens is 378 g/mol. The molecule has 1 aliphatic heterocycles. The lowest BCUT2D eigenvalue weighted by Crippen LogP contribution is -2.43. The predicted molar refractivity (Wildman–Crippen MR) is 115 cm³/mol. The summed E-state index contributed by atoms with van der Waals surface area (Å²) in [4.78, 5) is 44.1. The van der Waals surface area contributed by atoms with Crippen LogP contribution >= 0.6 is 0 Å². The van der Waals surface area contributed by atoms with Crippen LogP contribution in [0.5, 0.6) is 0 Å². The van der Waals surface area contributed by atoms with Crippen molar-refractivity contribution in [2.24, 2.45) is 25.0 Å². The summed E-state index contributed by atoms with van der Waals surface area (Å²) in [5, 5.41) is 0. The lowest BCUT2D eigenvalue weighted by Gasteiger charge is -2.30. The van der Waals surface area contributed by atoms with Crippen LogP contribution < -0.4 is 11.2 Å². The number of ketones is 1. The van der Waals surface area contributed by atoms with Crippen LogP contribution in [0.4, 0.5) is 5.82 Å². The molecule has 0 N–H and O–H groups in total. The largest absolute Gasteiger partial charge is 0.332 e. The van der Waals surface area contributed by atoms with Gasteiger partial charge in [-0.15, -0.1) is 0 Å². The van der Waals surface area contributed by atoms with Gasteiger partial charge in [-0.05, 0) is 19.4 Å². The quantitative estimate of drug-likeness (QED) is 0.632. The van der Waals surface area contributed by atoms with Gasteiger partial charge in [0.1, 0.15) is 5.82 Å². The van der Waals surface area contributed by atoms with Crippen molar-refractivity contribution >= 4 is 17.3 Å². The molecule has 150 valence electrons. The van der Waals surface area contributed by atoms with Gasteiger partial charge in [-0.25, -0.2) is 9.79 Å². The van der Waals surface area contributed by atoms with Crippen LogP contribution in [0.1, 0.15) is 44.1 Å². The molecular formula is C24H21N3O3. The second kappa shape index (κ2) is 6.23. The fourth-order valence-corrected chi connectivity index (χ4v) is 4.92. The number of aryl methyl sites for hydroxylation is 2. The number of fused-ring (bicyclic) bond motifs is 4. The van der Waals surface area contributed by atoms with E-state index in [2.05, 4.69) is 6.07 Å². The summed E-state index contributed by atoms with van der Waals surface area (Å²) < 4.78 is 2.50. The summed E-state index contributed by atoms with van der Waals surface area (Å²) in [6.07, 6.45) is 0. The van der Waals surface area contributed by atoms with Crippen molar-refractivity contribution in [1.29, 1.82) is 0 Å². The molecule has 3 aromatic rings. The molecule has 1 aromatic heterocycles. The van der Waals surface area contributed by atoms with Gasteiger partial charge >= 0.3 is 5.69 Å². The first kappa shape index (κ1) is 18.5. The summed E-state index contributed by atoms with van der Waals surface area (Å²) in [7, 11) is 3.08. The van der Waals surface area contributed by atoms with E-state index in [9.17, 15) is 14.4 Å². The SMILES string of the molecule is Cc1cc(C)cc([C@@H]2c3c(n(C)c(=O)n(C)c3=O)N=C3c4ccccc4C(=O)[C@@H]32)c1. The van der Waals surface area contributed by atoms with Crippen molar-refractivity contribution in [2.75, 3.05) is 0 Å². The summed E-state index contributed by atoms with van der Waals surface area (Å²) in [5.74, 6) is -0.782. The topological polar surface area (TPSA) is 73.4 Å². The van der Waals surface area contributed by atoms with Crippen LogP contribution in [0.15, 0.2) is 57.0 Å². The van der Waals surface area contributed by atoms with E-state index in [-0.39, 0.29) is 5.78 Å². The Morgan fingerprint density at radius 3 is 2.13 bits per heavy atom. The van der Waals surface area contributed by atoms with E-state index in [0.29, 0.717) is 22.7 Å². The molecule has 6 nitrogen and oxygen atoms in total. The zero-order chi connectivity index (χ0) is 21.3. The third kappa shape index (κ3) is 2.36. The molecule has 0 saturated heterocycles. The van der Waals surface area contributed by atoms with Gasteiger partial charge in [0.05, 0.1) is 17.2 Å². The van der Waals surface area contributed by atoms with Crippen molar-refractivity contribution < 1.29 is 4.79 Å². The third-order valence-corrected chi connectivity index (χ3v) is 6.19. The number of Topliss-reactive ketones (excluding diaryl/α,β-unsaturated/α-hetero) is 1. The van der Waals surface area contributed by atoms with E-state index in [0.717, 1.165) is 26.8 Å². The molecule has 0 amide bonds. The maximum atomic E-state index is 13.5. The van der Waals surface area contributed by atoms with Gasteiger partial charge in [0, 0.05) is 31.1 Å². The van der Waals surface area contributed by atoms with Gasteiger partial charge in [-0.2, -0.15) is 0 Å². The molecule has 2 aromatic carbocycles. The number of carbonyl (C=O) groups is 1. The first-order valence-electron chi connectivity index (χ1n) is 9.90. The van der Waals surface area contributed by atoms with Crippen LogP contribution in [0.25, 0.3) is 0 Å². The van der Waals surface area contributed by atoms with Crippen LogP contribution in [0.3, 0.4) is 0 Å². The van der Waals surface area contributed by atoms with Crippen LogP contribution in [-0.2, 0) is 14.1 Å². The maximum absolute atomic E-state index is 13.5. The Morgan fingerprint density at radius 1 is 0.833 bits per heavy atom. The average molecular weight is 399 g/mol. The van der Waals surface area contributed by atoms with E-state index in [4.69, 9.17) is 4.99 Å². The van der Waals surface area contributed by atoms with Crippen LogP contribution in [0.2, 0.25) is 0 Å². The zero-order valence-electron chi connectivity index (χ0n) is 17.3. The first-order chi connectivity index (χ1) is 14.3. The Labute approximate surface area is 173 Å². The van der Waals surface area contributed by atoms with Crippen LogP contribution in [-0.4, -0.2) is 20.6 Å².